The van der Waals surface area contributed by atoms with Gasteiger partial charge in [-0.15, -0.1) is 0 Å². The van der Waals surface area contributed by atoms with Crippen molar-refractivity contribution in [1.29, 1.82) is 0 Å². The van der Waals surface area contributed by atoms with Crippen molar-refractivity contribution >= 4 is 11.9 Å². The second-order valence-corrected chi connectivity index (χ2v) is 6.70. The minimum absolute atomic E-state index is 0.102. The van der Waals surface area contributed by atoms with Crippen LogP contribution in [0.2, 0.25) is 0 Å². The molecule has 3 aliphatic rings. The Labute approximate surface area is 135 Å². The van der Waals surface area contributed by atoms with Gasteiger partial charge in [0.05, 0.1) is 12.2 Å². The molecular formula is C16H22N4O3. The van der Waals surface area contributed by atoms with Gasteiger partial charge in [0.2, 0.25) is 5.76 Å². The molecule has 2 aliphatic heterocycles. The zero-order chi connectivity index (χ0) is 15.8. The molecule has 0 radical (unpaired) electrons. The number of hydrogen-bond donors (Lipinski definition) is 0. The second-order valence-electron chi connectivity index (χ2n) is 6.70. The minimum Gasteiger partial charge on any atom is -0.351 e. The maximum atomic E-state index is 12.7. The highest BCUT2D eigenvalue weighted by Gasteiger charge is 2.44. The third kappa shape index (κ3) is 2.58. The summed E-state index contributed by atoms with van der Waals surface area (Å²) in [5.74, 6) is 0.137. The molecule has 0 bridgehead atoms. The normalized spacial score (nSPS) is 25.8. The maximum absolute atomic E-state index is 12.7. The van der Waals surface area contributed by atoms with Gasteiger partial charge < -0.3 is 19.2 Å². The average Bonchev–Trinajstić information content (AvgIpc) is 3.23. The molecule has 0 N–H and O–H groups in total. The molecule has 124 valence electrons. The van der Waals surface area contributed by atoms with E-state index < -0.39 is 0 Å². The maximum Gasteiger partial charge on any atom is 0.320 e. The Morgan fingerprint density at radius 3 is 2.65 bits per heavy atom. The van der Waals surface area contributed by atoms with Gasteiger partial charge in [0.25, 0.3) is 5.91 Å². The van der Waals surface area contributed by atoms with E-state index in [4.69, 9.17) is 4.52 Å². The van der Waals surface area contributed by atoms with E-state index in [1.54, 1.807) is 11.0 Å². The smallest absolute Gasteiger partial charge is 0.320 e. The zero-order valence-electron chi connectivity index (χ0n) is 13.2. The molecule has 3 heterocycles. The SMILES string of the molecule is O=C(c1ccno1)N1CCN2C(=O)N(C3CCCCC3)C[C@H]2C1. The Morgan fingerprint density at radius 2 is 1.91 bits per heavy atom. The summed E-state index contributed by atoms with van der Waals surface area (Å²) < 4.78 is 4.97. The van der Waals surface area contributed by atoms with Crippen LogP contribution in [0.1, 0.15) is 42.7 Å². The molecule has 1 atom stereocenters. The fourth-order valence-electron chi connectivity index (χ4n) is 4.10. The predicted octanol–water partition coefficient (Wildman–Crippen LogP) is 1.57. The Balaban J connectivity index is 1.43. The van der Waals surface area contributed by atoms with Gasteiger partial charge in [0, 0.05) is 38.3 Å². The van der Waals surface area contributed by atoms with Crippen molar-refractivity contribution in [2.45, 2.75) is 44.2 Å². The lowest BCUT2D eigenvalue weighted by Gasteiger charge is -2.35. The summed E-state index contributed by atoms with van der Waals surface area (Å²) in [4.78, 5) is 30.8. The van der Waals surface area contributed by atoms with Crippen LogP contribution in [0.5, 0.6) is 0 Å². The van der Waals surface area contributed by atoms with Crippen LogP contribution in [0.25, 0.3) is 0 Å². The number of fused-ring (bicyclic) bond motifs is 1. The van der Waals surface area contributed by atoms with Gasteiger partial charge in [0.1, 0.15) is 0 Å². The van der Waals surface area contributed by atoms with Crippen LogP contribution in [-0.4, -0.2) is 70.1 Å². The zero-order valence-corrected chi connectivity index (χ0v) is 13.2. The standard InChI is InChI=1S/C16H22N4O3/c21-15(14-6-7-17-23-14)18-8-9-19-13(10-18)11-20(16(19)22)12-4-2-1-3-5-12/h6-7,12-13H,1-5,8-11H2/t13-/m1/s1. The lowest BCUT2D eigenvalue weighted by molar-refractivity contribution is 0.0577. The summed E-state index contributed by atoms with van der Waals surface area (Å²) in [6.07, 6.45) is 7.43. The molecule has 1 saturated carbocycles. The lowest BCUT2D eigenvalue weighted by atomic mass is 9.94. The Morgan fingerprint density at radius 1 is 1.09 bits per heavy atom. The van der Waals surface area contributed by atoms with Crippen molar-refractivity contribution in [1.82, 2.24) is 19.9 Å². The molecule has 1 aliphatic carbocycles. The molecule has 23 heavy (non-hydrogen) atoms. The number of rotatable bonds is 2. The number of nitrogens with zero attached hydrogens (tertiary/aromatic N) is 4. The molecule has 2 saturated heterocycles. The number of amides is 3. The summed E-state index contributed by atoms with van der Waals surface area (Å²) in [6, 6.07) is 2.24. The quantitative estimate of drug-likeness (QED) is 0.830. The highest BCUT2D eigenvalue weighted by atomic mass is 16.5. The van der Waals surface area contributed by atoms with Crippen LogP contribution >= 0.6 is 0 Å². The van der Waals surface area contributed by atoms with Gasteiger partial charge >= 0.3 is 6.03 Å². The van der Waals surface area contributed by atoms with Crippen molar-refractivity contribution in [3.8, 4) is 0 Å². The van der Waals surface area contributed by atoms with Crippen LogP contribution in [0.3, 0.4) is 0 Å². The van der Waals surface area contributed by atoms with Gasteiger partial charge in [-0.05, 0) is 12.8 Å². The van der Waals surface area contributed by atoms with Crippen LogP contribution in [0.4, 0.5) is 4.79 Å². The van der Waals surface area contributed by atoms with Crippen LogP contribution in [0, 0.1) is 0 Å². The largest absolute Gasteiger partial charge is 0.351 e. The van der Waals surface area contributed by atoms with Crippen LogP contribution in [0.15, 0.2) is 16.8 Å². The highest BCUT2D eigenvalue weighted by Crippen LogP contribution is 2.29. The fourth-order valence-corrected chi connectivity index (χ4v) is 4.10. The summed E-state index contributed by atoms with van der Waals surface area (Å²) in [7, 11) is 0. The molecule has 7 nitrogen and oxygen atoms in total. The number of aromatic nitrogens is 1. The number of piperazine rings is 1. The van der Waals surface area contributed by atoms with Gasteiger partial charge in [0.15, 0.2) is 0 Å². The lowest BCUT2D eigenvalue weighted by Crippen LogP contribution is -2.53. The van der Waals surface area contributed by atoms with Crippen LogP contribution < -0.4 is 0 Å². The average molecular weight is 318 g/mol. The minimum atomic E-state index is -0.134. The Bertz CT molecular complexity index is 582. The monoisotopic (exact) mass is 318 g/mol. The molecule has 0 spiro atoms. The fraction of sp³-hybridized carbons (Fsp3) is 0.688. The van der Waals surface area contributed by atoms with Gasteiger partial charge in [-0.25, -0.2) is 4.79 Å². The first-order chi connectivity index (χ1) is 11.2. The first-order valence-corrected chi connectivity index (χ1v) is 8.51. The number of urea groups is 1. The first kappa shape index (κ1) is 14.5. The molecule has 0 unspecified atom stereocenters. The van der Waals surface area contributed by atoms with E-state index in [1.807, 2.05) is 9.80 Å². The van der Waals surface area contributed by atoms with E-state index in [1.165, 1.54) is 25.5 Å². The van der Waals surface area contributed by atoms with E-state index in [0.29, 0.717) is 25.7 Å². The molecule has 3 fully saturated rings. The number of hydrogen-bond acceptors (Lipinski definition) is 4. The number of carbonyl (C=O) groups excluding carboxylic acids is 2. The molecular weight excluding hydrogens is 296 g/mol. The van der Waals surface area contributed by atoms with Crippen molar-refractivity contribution in [2.75, 3.05) is 26.2 Å². The third-order valence-corrected chi connectivity index (χ3v) is 5.33. The van der Waals surface area contributed by atoms with Crippen molar-refractivity contribution in [2.24, 2.45) is 0 Å². The number of carbonyl (C=O) groups is 2. The highest BCUT2D eigenvalue weighted by molar-refractivity contribution is 5.91. The topological polar surface area (TPSA) is 69.9 Å². The molecule has 1 aromatic heterocycles. The van der Waals surface area contributed by atoms with E-state index in [2.05, 4.69) is 5.16 Å². The van der Waals surface area contributed by atoms with E-state index in [0.717, 1.165) is 19.4 Å². The van der Waals surface area contributed by atoms with Crippen LogP contribution in [-0.2, 0) is 0 Å². The van der Waals surface area contributed by atoms with Crippen molar-refractivity contribution < 1.29 is 14.1 Å². The predicted molar refractivity (Wildman–Crippen MR) is 81.9 cm³/mol. The summed E-state index contributed by atoms with van der Waals surface area (Å²) in [5.41, 5.74) is 0. The molecule has 0 aromatic carbocycles. The summed E-state index contributed by atoms with van der Waals surface area (Å²) in [6.45, 7) is 2.48. The van der Waals surface area contributed by atoms with E-state index >= 15 is 0 Å². The molecule has 4 rings (SSSR count). The summed E-state index contributed by atoms with van der Waals surface area (Å²) >= 11 is 0. The molecule has 7 heteroatoms. The first-order valence-electron chi connectivity index (χ1n) is 8.51. The second kappa shape index (κ2) is 5.86. The van der Waals surface area contributed by atoms with Crippen molar-refractivity contribution in [3.05, 3.63) is 18.0 Å². The Hall–Kier alpha value is -2.05. The van der Waals surface area contributed by atoms with Crippen molar-refractivity contribution in [3.63, 3.8) is 0 Å². The third-order valence-electron chi connectivity index (χ3n) is 5.33. The molecule has 3 amide bonds. The van der Waals surface area contributed by atoms with Gasteiger partial charge in [-0.1, -0.05) is 24.4 Å². The van der Waals surface area contributed by atoms with E-state index in [-0.39, 0.29) is 23.7 Å². The van der Waals surface area contributed by atoms with Gasteiger partial charge in [-0.2, -0.15) is 0 Å². The Kier molecular flexibility index (Phi) is 3.71. The summed E-state index contributed by atoms with van der Waals surface area (Å²) in [5, 5.41) is 3.59. The van der Waals surface area contributed by atoms with Gasteiger partial charge in [-0.3, -0.25) is 4.79 Å². The van der Waals surface area contributed by atoms with E-state index in [9.17, 15) is 9.59 Å². The molecule has 1 aromatic rings.